The van der Waals surface area contributed by atoms with Crippen molar-refractivity contribution in [3.05, 3.63) is 35.7 Å². The van der Waals surface area contributed by atoms with Crippen LogP contribution in [0.3, 0.4) is 0 Å². The fraction of sp³-hybridized carbons (Fsp3) is 0.500. The van der Waals surface area contributed by atoms with Gasteiger partial charge < -0.3 is 9.26 Å². The molecule has 1 aliphatic heterocycles. The normalized spacial score (nSPS) is 22.7. The van der Waals surface area contributed by atoms with Crippen LogP contribution >= 0.6 is 0 Å². The van der Waals surface area contributed by atoms with Crippen LogP contribution in [0.2, 0.25) is 0 Å². The van der Waals surface area contributed by atoms with Gasteiger partial charge in [0.25, 0.3) is 0 Å². The van der Waals surface area contributed by atoms with Gasteiger partial charge in [-0.3, -0.25) is 4.90 Å². The summed E-state index contributed by atoms with van der Waals surface area (Å²) in [6, 6.07) is 4.90. The van der Waals surface area contributed by atoms with E-state index in [4.69, 9.17) is 9.26 Å². The van der Waals surface area contributed by atoms with Gasteiger partial charge in [0.05, 0.1) is 24.3 Å². The number of morpholine rings is 1. The van der Waals surface area contributed by atoms with Gasteiger partial charge in [0.1, 0.15) is 0 Å². The zero-order valence-corrected chi connectivity index (χ0v) is 13.4. The highest BCUT2D eigenvalue weighted by molar-refractivity contribution is 5.55. The number of rotatable bonds is 3. The number of alkyl halides is 3. The summed E-state index contributed by atoms with van der Waals surface area (Å²) in [6.07, 6.45) is -4.18. The third kappa shape index (κ3) is 3.93. The second-order valence-corrected chi connectivity index (χ2v) is 6.04. The predicted octanol–water partition coefficient (Wildman–Crippen LogP) is 3.36. The van der Waals surface area contributed by atoms with E-state index in [1.165, 1.54) is 12.1 Å². The number of halogens is 3. The smallest absolute Gasteiger partial charge is 0.373 e. The lowest BCUT2D eigenvalue weighted by Gasteiger charge is -2.34. The SMILES string of the molecule is CC1CN(Cc2nc(-c3cccc(C(F)(F)F)c3)no2)CC(C)O1. The van der Waals surface area contributed by atoms with Crippen molar-refractivity contribution in [2.45, 2.75) is 38.8 Å². The third-order valence-corrected chi connectivity index (χ3v) is 3.77. The highest BCUT2D eigenvalue weighted by Gasteiger charge is 2.31. The lowest BCUT2D eigenvalue weighted by Crippen LogP contribution is -2.44. The molecule has 5 nitrogen and oxygen atoms in total. The van der Waals surface area contributed by atoms with Crippen LogP contribution in [-0.2, 0) is 17.5 Å². The summed E-state index contributed by atoms with van der Waals surface area (Å²) in [5, 5.41) is 3.80. The lowest BCUT2D eigenvalue weighted by molar-refractivity contribution is -0.137. The first-order valence-corrected chi connectivity index (χ1v) is 7.69. The quantitative estimate of drug-likeness (QED) is 0.857. The molecule has 0 aliphatic carbocycles. The summed E-state index contributed by atoms with van der Waals surface area (Å²) in [6.45, 7) is 5.91. The molecule has 0 N–H and O–H groups in total. The van der Waals surface area contributed by atoms with E-state index >= 15 is 0 Å². The van der Waals surface area contributed by atoms with Crippen molar-refractivity contribution in [1.29, 1.82) is 0 Å². The number of hydrogen-bond acceptors (Lipinski definition) is 5. The lowest BCUT2D eigenvalue weighted by atomic mass is 10.1. The molecule has 1 saturated heterocycles. The van der Waals surface area contributed by atoms with Crippen molar-refractivity contribution in [3.8, 4) is 11.4 Å². The molecule has 1 aromatic heterocycles. The highest BCUT2D eigenvalue weighted by Crippen LogP contribution is 2.31. The molecule has 2 atom stereocenters. The number of nitrogens with zero attached hydrogens (tertiary/aromatic N) is 3. The van der Waals surface area contributed by atoms with Crippen LogP contribution in [0.4, 0.5) is 13.2 Å². The molecule has 130 valence electrons. The van der Waals surface area contributed by atoms with Gasteiger partial charge in [-0.15, -0.1) is 0 Å². The van der Waals surface area contributed by atoms with E-state index in [0.717, 1.165) is 25.2 Å². The van der Waals surface area contributed by atoms with Gasteiger partial charge in [-0.2, -0.15) is 18.2 Å². The van der Waals surface area contributed by atoms with Crippen LogP contribution < -0.4 is 0 Å². The first-order valence-electron chi connectivity index (χ1n) is 7.69. The van der Waals surface area contributed by atoms with Gasteiger partial charge in [0.15, 0.2) is 0 Å². The average Bonchev–Trinajstić information content (AvgIpc) is 2.94. The van der Waals surface area contributed by atoms with Crippen LogP contribution in [0.5, 0.6) is 0 Å². The summed E-state index contributed by atoms with van der Waals surface area (Å²) in [5.41, 5.74) is -0.453. The van der Waals surface area contributed by atoms with E-state index in [1.807, 2.05) is 13.8 Å². The Hall–Kier alpha value is -1.93. The Morgan fingerprint density at radius 2 is 1.92 bits per heavy atom. The Bertz CT molecular complexity index is 692. The molecule has 0 amide bonds. The van der Waals surface area contributed by atoms with Crippen molar-refractivity contribution in [2.24, 2.45) is 0 Å². The summed E-state index contributed by atoms with van der Waals surface area (Å²) in [4.78, 5) is 6.35. The van der Waals surface area contributed by atoms with E-state index in [2.05, 4.69) is 15.0 Å². The molecule has 2 aromatic rings. The van der Waals surface area contributed by atoms with Crippen LogP contribution in [0.1, 0.15) is 25.3 Å². The number of hydrogen-bond donors (Lipinski definition) is 0. The molecule has 0 radical (unpaired) electrons. The Balaban J connectivity index is 1.74. The molecule has 1 aliphatic rings. The molecule has 3 rings (SSSR count). The van der Waals surface area contributed by atoms with Crippen molar-refractivity contribution in [1.82, 2.24) is 15.0 Å². The van der Waals surface area contributed by atoms with Gasteiger partial charge in [-0.05, 0) is 26.0 Å². The molecule has 0 saturated carbocycles. The van der Waals surface area contributed by atoms with Crippen molar-refractivity contribution >= 4 is 0 Å². The molecule has 1 fully saturated rings. The Morgan fingerprint density at radius 1 is 1.21 bits per heavy atom. The molecule has 8 heteroatoms. The van der Waals surface area contributed by atoms with E-state index in [-0.39, 0.29) is 23.6 Å². The topological polar surface area (TPSA) is 51.4 Å². The molecule has 2 heterocycles. The second kappa shape index (κ2) is 6.52. The fourth-order valence-electron chi connectivity index (χ4n) is 2.88. The zero-order chi connectivity index (χ0) is 17.3. The van der Waals surface area contributed by atoms with Crippen LogP contribution in [0, 0.1) is 0 Å². The Labute approximate surface area is 137 Å². The van der Waals surface area contributed by atoms with Gasteiger partial charge >= 0.3 is 6.18 Å². The monoisotopic (exact) mass is 341 g/mol. The predicted molar refractivity (Wildman–Crippen MR) is 80.0 cm³/mol. The van der Waals surface area contributed by atoms with Gasteiger partial charge in [0.2, 0.25) is 11.7 Å². The van der Waals surface area contributed by atoms with E-state index < -0.39 is 11.7 Å². The van der Waals surface area contributed by atoms with E-state index in [1.54, 1.807) is 0 Å². The maximum absolute atomic E-state index is 12.8. The van der Waals surface area contributed by atoms with Crippen molar-refractivity contribution in [2.75, 3.05) is 13.1 Å². The Kier molecular flexibility index (Phi) is 4.60. The molecule has 1 aromatic carbocycles. The van der Waals surface area contributed by atoms with Gasteiger partial charge in [-0.25, -0.2) is 0 Å². The number of ether oxygens (including phenoxy) is 1. The minimum atomic E-state index is -4.40. The minimum Gasteiger partial charge on any atom is -0.373 e. The Morgan fingerprint density at radius 3 is 2.58 bits per heavy atom. The molecule has 24 heavy (non-hydrogen) atoms. The molecule has 0 bridgehead atoms. The van der Waals surface area contributed by atoms with Gasteiger partial charge in [0, 0.05) is 18.7 Å². The van der Waals surface area contributed by atoms with Crippen LogP contribution in [0.15, 0.2) is 28.8 Å². The summed E-state index contributed by atoms with van der Waals surface area (Å²) >= 11 is 0. The van der Waals surface area contributed by atoms with Crippen LogP contribution in [-0.4, -0.2) is 40.3 Å². The van der Waals surface area contributed by atoms with E-state index in [0.29, 0.717) is 12.4 Å². The molecule has 2 unspecified atom stereocenters. The van der Waals surface area contributed by atoms with E-state index in [9.17, 15) is 13.2 Å². The fourth-order valence-corrected chi connectivity index (χ4v) is 2.88. The molecule has 0 spiro atoms. The summed E-state index contributed by atoms with van der Waals surface area (Å²) in [7, 11) is 0. The summed E-state index contributed by atoms with van der Waals surface area (Å²) < 4.78 is 49.2. The number of benzene rings is 1. The average molecular weight is 341 g/mol. The highest BCUT2D eigenvalue weighted by atomic mass is 19.4. The molecular weight excluding hydrogens is 323 g/mol. The summed E-state index contributed by atoms with van der Waals surface area (Å²) in [5.74, 6) is 0.536. The zero-order valence-electron chi connectivity index (χ0n) is 13.4. The largest absolute Gasteiger partial charge is 0.416 e. The van der Waals surface area contributed by atoms with Crippen molar-refractivity contribution < 1.29 is 22.4 Å². The van der Waals surface area contributed by atoms with Crippen molar-refractivity contribution in [3.63, 3.8) is 0 Å². The maximum atomic E-state index is 12.8. The standard InChI is InChI=1S/C16H18F3N3O2/c1-10-7-22(8-11(2)23-10)9-14-20-15(21-24-14)12-4-3-5-13(6-12)16(17,18)19/h3-6,10-11H,7-9H2,1-2H3. The molecular formula is C16H18F3N3O2. The third-order valence-electron chi connectivity index (χ3n) is 3.77. The second-order valence-electron chi connectivity index (χ2n) is 6.04. The first kappa shape index (κ1) is 16.9. The van der Waals surface area contributed by atoms with Crippen LogP contribution in [0.25, 0.3) is 11.4 Å². The van der Waals surface area contributed by atoms with Gasteiger partial charge in [-0.1, -0.05) is 17.3 Å². The first-order chi connectivity index (χ1) is 11.3. The minimum absolute atomic E-state index is 0.111. The maximum Gasteiger partial charge on any atom is 0.416 e. The number of aromatic nitrogens is 2.